The van der Waals surface area contributed by atoms with E-state index >= 15 is 0 Å². The Hall–Kier alpha value is -1.57. The first-order valence-corrected chi connectivity index (χ1v) is 7.82. The molecule has 0 N–H and O–H groups in total. The Balaban J connectivity index is 1.97. The van der Waals surface area contributed by atoms with Gasteiger partial charge in [-0.05, 0) is 42.4 Å². The Kier molecular flexibility index (Phi) is 3.90. The van der Waals surface area contributed by atoms with Crippen molar-refractivity contribution in [3.63, 3.8) is 0 Å². The van der Waals surface area contributed by atoms with Crippen molar-refractivity contribution in [2.45, 2.75) is 44.6 Å². The average molecular weight is 269 g/mol. The van der Waals surface area contributed by atoms with Crippen molar-refractivity contribution in [3.05, 3.63) is 48.0 Å². The van der Waals surface area contributed by atoms with Gasteiger partial charge in [-0.2, -0.15) is 0 Å². The van der Waals surface area contributed by atoms with Crippen molar-refractivity contribution < 1.29 is 4.79 Å². The van der Waals surface area contributed by atoms with Crippen LogP contribution in [0.25, 0.3) is 0 Å². The molecule has 20 heavy (non-hydrogen) atoms. The Labute approximate surface area is 121 Å². The number of hydrogen-bond acceptors (Lipinski definition) is 1. The minimum Gasteiger partial charge on any atom is -0.332 e. The van der Waals surface area contributed by atoms with Gasteiger partial charge in [0.2, 0.25) is 5.91 Å². The van der Waals surface area contributed by atoms with Crippen LogP contribution in [0.15, 0.2) is 36.9 Å². The summed E-state index contributed by atoms with van der Waals surface area (Å²) in [5, 5.41) is 0. The van der Waals surface area contributed by atoms with E-state index < -0.39 is 0 Å². The Morgan fingerprint density at radius 3 is 2.70 bits per heavy atom. The van der Waals surface area contributed by atoms with Gasteiger partial charge < -0.3 is 4.90 Å². The van der Waals surface area contributed by atoms with Gasteiger partial charge in [-0.25, -0.2) is 0 Å². The summed E-state index contributed by atoms with van der Waals surface area (Å²) in [4.78, 5) is 14.3. The molecule has 0 spiro atoms. The summed E-state index contributed by atoms with van der Waals surface area (Å²) in [6, 6.07) is 8.93. The minimum atomic E-state index is 0.0927. The van der Waals surface area contributed by atoms with Crippen LogP contribution in [-0.4, -0.2) is 17.4 Å². The number of hydrogen-bond donors (Lipinski definition) is 0. The summed E-state index contributed by atoms with van der Waals surface area (Å²) in [5.41, 5.74) is 2.80. The van der Waals surface area contributed by atoms with E-state index in [-0.39, 0.29) is 11.9 Å². The fourth-order valence-electron chi connectivity index (χ4n) is 3.92. The molecule has 1 atom stereocenters. The number of nitrogens with zero attached hydrogens (tertiary/aromatic N) is 1. The van der Waals surface area contributed by atoms with Gasteiger partial charge in [0.25, 0.3) is 0 Å². The monoisotopic (exact) mass is 269 g/mol. The van der Waals surface area contributed by atoms with Crippen LogP contribution < -0.4 is 0 Å². The Morgan fingerprint density at radius 2 is 1.95 bits per heavy atom. The summed E-state index contributed by atoms with van der Waals surface area (Å²) in [6.07, 6.45) is 8.90. The second-order valence-electron chi connectivity index (χ2n) is 6.03. The maximum absolute atomic E-state index is 12.2. The van der Waals surface area contributed by atoms with Gasteiger partial charge in [0, 0.05) is 6.54 Å². The lowest BCUT2D eigenvalue weighted by atomic mass is 9.77. The summed E-state index contributed by atoms with van der Waals surface area (Å²) in [5.74, 6) is 0.712. The van der Waals surface area contributed by atoms with Crippen molar-refractivity contribution >= 4 is 5.91 Å². The molecule has 0 aromatic heterocycles. The van der Waals surface area contributed by atoms with Crippen molar-refractivity contribution in [2.75, 3.05) is 6.54 Å². The van der Waals surface area contributed by atoms with Crippen molar-refractivity contribution in [1.29, 1.82) is 0 Å². The molecular formula is C18H23NO. The van der Waals surface area contributed by atoms with E-state index in [4.69, 9.17) is 0 Å². The van der Waals surface area contributed by atoms with Crippen LogP contribution in [0, 0.1) is 5.92 Å². The maximum atomic E-state index is 12.2. The minimum absolute atomic E-state index is 0.0927. The van der Waals surface area contributed by atoms with Gasteiger partial charge in [0.1, 0.15) is 0 Å². The van der Waals surface area contributed by atoms with Crippen LogP contribution in [0.2, 0.25) is 0 Å². The topological polar surface area (TPSA) is 20.3 Å². The molecule has 1 heterocycles. The van der Waals surface area contributed by atoms with Gasteiger partial charge in [0.05, 0.1) is 6.04 Å². The van der Waals surface area contributed by atoms with E-state index in [2.05, 4.69) is 35.7 Å². The molecule has 2 heteroatoms. The second-order valence-corrected chi connectivity index (χ2v) is 6.03. The highest BCUT2D eigenvalue weighted by molar-refractivity contribution is 5.87. The molecule has 1 aliphatic carbocycles. The normalized spacial score (nSPS) is 23.2. The number of carbonyl (C=O) groups excluding carboxylic acids is 1. The zero-order valence-electron chi connectivity index (χ0n) is 12.1. The summed E-state index contributed by atoms with van der Waals surface area (Å²) in [7, 11) is 0. The van der Waals surface area contributed by atoms with Gasteiger partial charge in [0.15, 0.2) is 0 Å². The molecule has 2 nitrogen and oxygen atoms in total. The van der Waals surface area contributed by atoms with Crippen LogP contribution in [0.4, 0.5) is 0 Å². The highest BCUT2D eigenvalue weighted by atomic mass is 16.2. The first-order valence-electron chi connectivity index (χ1n) is 7.82. The molecule has 0 bridgehead atoms. The van der Waals surface area contributed by atoms with E-state index in [1.807, 2.05) is 0 Å². The Bertz CT molecular complexity index is 502. The zero-order chi connectivity index (χ0) is 13.9. The molecule has 0 radical (unpaired) electrons. The van der Waals surface area contributed by atoms with Crippen LogP contribution >= 0.6 is 0 Å². The fourth-order valence-corrected chi connectivity index (χ4v) is 3.92. The highest BCUT2D eigenvalue weighted by Gasteiger charge is 2.35. The zero-order valence-corrected chi connectivity index (χ0v) is 12.1. The third kappa shape index (κ3) is 2.39. The molecule has 1 amide bonds. The van der Waals surface area contributed by atoms with E-state index in [0.29, 0.717) is 5.92 Å². The number of fused-ring (bicyclic) bond motifs is 1. The maximum Gasteiger partial charge on any atom is 0.246 e. The molecule has 1 aromatic rings. The molecule has 106 valence electrons. The SMILES string of the molecule is C=CC(=O)N1CCc2ccccc2[C@H]1C1CCCCC1. The molecule has 1 aliphatic heterocycles. The molecule has 0 unspecified atom stereocenters. The van der Waals surface area contributed by atoms with E-state index in [9.17, 15) is 4.79 Å². The lowest BCUT2D eigenvalue weighted by Gasteiger charge is -2.42. The summed E-state index contributed by atoms with van der Waals surface area (Å²) < 4.78 is 0. The van der Waals surface area contributed by atoms with Crippen LogP contribution in [0.5, 0.6) is 0 Å². The number of amides is 1. The van der Waals surface area contributed by atoms with E-state index in [0.717, 1.165) is 13.0 Å². The predicted molar refractivity (Wildman–Crippen MR) is 81.4 cm³/mol. The molecule has 1 fully saturated rings. The van der Waals surface area contributed by atoms with Gasteiger partial charge >= 0.3 is 0 Å². The Morgan fingerprint density at radius 1 is 1.20 bits per heavy atom. The average Bonchev–Trinajstić information content (AvgIpc) is 2.53. The summed E-state index contributed by atoms with van der Waals surface area (Å²) >= 11 is 0. The smallest absolute Gasteiger partial charge is 0.246 e. The van der Waals surface area contributed by atoms with Crippen molar-refractivity contribution in [2.24, 2.45) is 5.92 Å². The second kappa shape index (κ2) is 5.82. The van der Waals surface area contributed by atoms with E-state index in [1.165, 1.54) is 49.3 Å². The van der Waals surface area contributed by atoms with Crippen LogP contribution in [-0.2, 0) is 11.2 Å². The number of benzene rings is 1. The van der Waals surface area contributed by atoms with Gasteiger partial charge in [-0.15, -0.1) is 0 Å². The first kappa shape index (κ1) is 13.4. The van der Waals surface area contributed by atoms with Crippen LogP contribution in [0.1, 0.15) is 49.3 Å². The molecule has 1 saturated carbocycles. The van der Waals surface area contributed by atoms with Crippen molar-refractivity contribution in [1.82, 2.24) is 4.90 Å². The van der Waals surface area contributed by atoms with E-state index in [1.54, 1.807) is 0 Å². The molecule has 0 saturated heterocycles. The first-order chi connectivity index (χ1) is 9.81. The largest absolute Gasteiger partial charge is 0.332 e. The molecule has 1 aromatic carbocycles. The summed E-state index contributed by atoms with van der Waals surface area (Å²) in [6.45, 7) is 4.52. The predicted octanol–water partition coefficient (Wildman–Crippen LogP) is 3.88. The van der Waals surface area contributed by atoms with Gasteiger partial charge in [-0.3, -0.25) is 4.79 Å². The quantitative estimate of drug-likeness (QED) is 0.746. The fraction of sp³-hybridized carbons (Fsp3) is 0.500. The van der Waals surface area contributed by atoms with Gasteiger partial charge in [-0.1, -0.05) is 50.1 Å². The molecular weight excluding hydrogens is 246 g/mol. The standard InChI is InChI=1S/C18H23NO/c1-2-17(20)19-13-12-14-8-6-7-11-16(14)18(19)15-9-4-3-5-10-15/h2,6-8,11,15,18H,1,3-5,9-10,12-13H2/t18-/m1/s1. The third-order valence-electron chi connectivity index (χ3n) is 4.89. The third-order valence-corrected chi connectivity index (χ3v) is 4.89. The number of rotatable bonds is 2. The lowest BCUT2D eigenvalue weighted by Crippen LogP contribution is -2.42. The molecule has 2 aliphatic rings. The lowest BCUT2D eigenvalue weighted by molar-refractivity contribution is -0.130. The molecule has 3 rings (SSSR count). The number of carbonyl (C=O) groups is 1. The van der Waals surface area contributed by atoms with Crippen LogP contribution in [0.3, 0.4) is 0 Å². The highest BCUT2D eigenvalue weighted by Crippen LogP contribution is 2.41. The van der Waals surface area contributed by atoms with Crippen molar-refractivity contribution in [3.8, 4) is 0 Å².